The molecule has 1 heterocycles. The van der Waals surface area contributed by atoms with E-state index in [1.54, 1.807) is 0 Å². The number of benzene rings is 1. The highest BCUT2D eigenvalue weighted by molar-refractivity contribution is 9.10. The summed E-state index contributed by atoms with van der Waals surface area (Å²) in [5, 5.41) is 4.35. The molecule has 3 heteroatoms. The Bertz CT molecular complexity index is 387. The molecule has 1 aromatic heterocycles. The Labute approximate surface area is 85.3 Å². The van der Waals surface area contributed by atoms with Crippen LogP contribution >= 0.6 is 15.9 Å². The minimum absolute atomic E-state index is 1.00. The summed E-state index contributed by atoms with van der Waals surface area (Å²) in [5.74, 6) is 0. The van der Waals surface area contributed by atoms with Crippen LogP contribution in [0, 0.1) is 6.92 Å². The van der Waals surface area contributed by atoms with Gasteiger partial charge in [-0.1, -0.05) is 18.2 Å². The Kier molecular flexibility index (Phi) is 2.19. The molecule has 0 amide bonds. The smallest absolute Gasteiger partial charge is 0.0740 e. The summed E-state index contributed by atoms with van der Waals surface area (Å²) in [4.78, 5) is 0. The summed E-state index contributed by atoms with van der Waals surface area (Å²) in [6.45, 7) is 1.98. The van der Waals surface area contributed by atoms with Gasteiger partial charge in [0.05, 0.1) is 15.9 Å². The Morgan fingerprint density at radius 3 is 2.46 bits per heavy atom. The first-order valence-corrected chi connectivity index (χ1v) is 4.84. The average molecular weight is 237 g/mol. The lowest BCUT2D eigenvalue weighted by molar-refractivity contribution is 0.863. The van der Waals surface area contributed by atoms with E-state index in [9.17, 15) is 0 Å². The standard InChI is InChI=1S/C10H9BrN2/c1-8-10(11)7-13(12-8)9-5-3-2-4-6-9/h2-7H,1H3. The Morgan fingerprint density at radius 2 is 1.92 bits per heavy atom. The number of hydrogen-bond acceptors (Lipinski definition) is 1. The van der Waals surface area contributed by atoms with Crippen molar-refractivity contribution in [2.24, 2.45) is 0 Å². The molecule has 0 unspecified atom stereocenters. The van der Waals surface area contributed by atoms with Gasteiger partial charge in [-0.15, -0.1) is 0 Å². The van der Waals surface area contributed by atoms with Gasteiger partial charge in [0.15, 0.2) is 0 Å². The Morgan fingerprint density at radius 1 is 1.23 bits per heavy atom. The number of hydrogen-bond donors (Lipinski definition) is 0. The largest absolute Gasteiger partial charge is 0.240 e. The fraction of sp³-hybridized carbons (Fsp3) is 0.100. The summed E-state index contributed by atoms with van der Waals surface area (Å²) >= 11 is 3.43. The van der Waals surface area contributed by atoms with Crippen LogP contribution in [0.5, 0.6) is 0 Å². The van der Waals surface area contributed by atoms with Crippen molar-refractivity contribution in [3.8, 4) is 5.69 Å². The first-order valence-electron chi connectivity index (χ1n) is 4.04. The van der Waals surface area contributed by atoms with Crippen LogP contribution in [0.1, 0.15) is 5.69 Å². The van der Waals surface area contributed by atoms with Gasteiger partial charge < -0.3 is 0 Å². The first kappa shape index (κ1) is 8.51. The molecule has 0 N–H and O–H groups in total. The second-order valence-electron chi connectivity index (χ2n) is 2.84. The van der Waals surface area contributed by atoms with Crippen molar-refractivity contribution < 1.29 is 0 Å². The van der Waals surface area contributed by atoms with E-state index in [4.69, 9.17) is 0 Å². The van der Waals surface area contributed by atoms with Crippen LogP contribution in [0.15, 0.2) is 41.0 Å². The van der Waals surface area contributed by atoms with Crippen molar-refractivity contribution in [3.63, 3.8) is 0 Å². The van der Waals surface area contributed by atoms with Gasteiger partial charge in [0, 0.05) is 6.20 Å². The summed E-state index contributed by atoms with van der Waals surface area (Å²) in [6, 6.07) is 10.0. The normalized spacial score (nSPS) is 10.3. The van der Waals surface area contributed by atoms with Gasteiger partial charge in [-0.05, 0) is 35.0 Å². The van der Waals surface area contributed by atoms with Crippen molar-refractivity contribution in [3.05, 3.63) is 46.7 Å². The molecule has 66 valence electrons. The summed E-state index contributed by atoms with van der Waals surface area (Å²) in [7, 11) is 0. The van der Waals surface area contributed by atoms with E-state index >= 15 is 0 Å². The topological polar surface area (TPSA) is 17.8 Å². The highest BCUT2D eigenvalue weighted by Gasteiger charge is 2.01. The zero-order valence-corrected chi connectivity index (χ0v) is 8.82. The van der Waals surface area contributed by atoms with Crippen molar-refractivity contribution in [2.75, 3.05) is 0 Å². The van der Waals surface area contributed by atoms with Crippen molar-refractivity contribution in [1.29, 1.82) is 0 Å². The summed E-state index contributed by atoms with van der Waals surface area (Å²) in [5.41, 5.74) is 2.08. The predicted molar refractivity (Wildman–Crippen MR) is 56.0 cm³/mol. The Balaban J connectivity index is 2.48. The first-order chi connectivity index (χ1) is 6.27. The van der Waals surface area contributed by atoms with E-state index in [2.05, 4.69) is 21.0 Å². The number of para-hydroxylation sites is 1. The lowest BCUT2D eigenvalue weighted by atomic mass is 10.3. The molecule has 0 aliphatic carbocycles. The molecule has 0 bridgehead atoms. The van der Waals surface area contributed by atoms with E-state index in [0.717, 1.165) is 15.9 Å². The number of halogens is 1. The molecule has 0 saturated carbocycles. The fourth-order valence-electron chi connectivity index (χ4n) is 1.15. The molecule has 2 nitrogen and oxygen atoms in total. The average Bonchev–Trinajstić information content (AvgIpc) is 2.49. The maximum absolute atomic E-state index is 4.35. The maximum atomic E-state index is 4.35. The molecule has 2 aromatic rings. The minimum atomic E-state index is 1.00. The molecule has 0 spiro atoms. The second-order valence-corrected chi connectivity index (χ2v) is 3.70. The molecular formula is C10H9BrN2. The quantitative estimate of drug-likeness (QED) is 0.745. The van der Waals surface area contributed by atoms with E-state index in [1.165, 1.54) is 0 Å². The van der Waals surface area contributed by atoms with Crippen molar-refractivity contribution in [1.82, 2.24) is 9.78 Å². The SMILES string of the molecule is Cc1nn(-c2ccccc2)cc1Br. The number of aromatic nitrogens is 2. The summed E-state index contributed by atoms with van der Waals surface area (Å²) in [6.07, 6.45) is 1.96. The molecule has 13 heavy (non-hydrogen) atoms. The molecule has 2 rings (SSSR count). The van der Waals surface area contributed by atoms with Gasteiger partial charge in [-0.25, -0.2) is 4.68 Å². The lowest BCUT2D eigenvalue weighted by Gasteiger charge is -1.98. The number of aryl methyl sites for hydroxylation is 1. The van der Waals surface area contributed by atoms with Crippen LogP contribution < -0.4 is 0 Å². The molecule has 0 radical (unpaired) electrons. The third-order valence-electron chi connectivity index (χ3n) is 1.86. The van der Waals surface area contributed by atoms with Crippen LogP contribution in [0.4, 0.5) is 0 Å². The van der Waals surface area contributed by atoms with Gasteiger partial charge in [0.2, 0.25) is 0 Å². The van der Waals surface area contributed by atoms with Crippen LogP contribution in [-0.4, -0.2) is 9.78 Å². The van der Waals surface area contributed by atoms with Crippen LogP contribution in [0.2, 0.25) is 0 Å². The van der Waals surface area contributed by atoms with Gasteiger partial charge >= 0.3 is 0 Å². The number of nitrogens with zero attached hydrogens (tertiary/aromatic N) is 2. The number of rotatable bonds is 1. The molecular weight excluding hydrogens is 228 g/mol. The molecule has 0 aliphatic rings. The van der Waals surface area contributed by atoms with Gasteiger partial charge in [0.25, 0.3) is 0 Å². The minimum Gasteiger partial charge on any atom is -0.240 e. The molecule has 1 aromatic carbocycles. The lowest BCUT2D eigenvalue weighted by Crippen LogP contribution is -1.93. The highest BCUT2D eigenvalue weighted by Crippen LogP contribution is 2.16. The highest BCUT2D eigenvalue weighted by atomic mass is 79.9. The van der Waals surface area contributed by atoms with Crippen molar-refractivity contribution in [2.45, 2.75) is 6.92 Å². The van der Waals surface area contributed by atoms with E-state index in [1.807, 2.05) is 48.1 Å². The maximum Gasteiger partial charge on any atom is 0.0740 e. The fourth-order valence-corrected chi connectivity index (χ4v) is 1.43. The zero-order valence-electron chi connectivity index (χ0n) is 7.24. The van der Waals surface area contributed by atoms with Gasteiger partial charge in [-0.3, -0.25) is 0 Å². The van der Waals surface area contributed by atoms with Gasteiger partial charge in [-0.2, -0.15) is 5.10 Å². The van der Waals surface area contributed by atoms with Crippen LogP contribution in [-0.2, 0) is 0 Å². The van der Waals surface area contributed by atoms with E-state index < -0.39 is 0 Å². The molecule has 0 aliphatic heterocycles. The van der Waals surface area contributed by atoms with Gasteiger partial charge in [0.1, 0.15) is 0 Å². The predicted octanol–water partition coefficient (Wildman–Crippen LogP) is 2.94. The van der Waals surface area contributed by atoms with Crippen LogP contribution in [0.3, 0.4) is 0 Å². The third kappa shape index (κ3) is 1.65. The Hall–Kier alpha value is -1.09. The van der Waals surface area contributed by atoms with E-state index in [-0.39, 0.29) is 0 Å². The monoisotopic (exact) mass is 236 g/mol. The third-order valence-corrected chi connectivity index (χ3v) is 2.64. The van der Waals surface area contributed by atoms with Crippen molar-refractivity contribution >= 4 is 15.9 Å². The van der Waals surface area contributed by atoms with E-state index in [0.29, 0.717) is 0 Å². The van der Waals surface area contributed by atoms with Crippen LogP contribution in [0.25, 0.3) is 5.69 Å². The summed E-state index contributed by atoms with van der Waals surface area (Å²) < 4.78 is 2.90. The molecule has 0 atom stereocenters. The molecule has 0 fully saturated rings. The second kappa shape index (κ2) is 3.34. The molecule has 0 saturated heterocycles. The zero-order chi connectivity index (χ0) is 9.26.